The van der Waals surface area contributed by atoms with Gasteiger partial charge in [0.25, 0.3) is 0 Å². The van der Waals surface area contributed by atoms with Crippen molar-refractivity contribution >= 4 is 0 Å². The number of rotatable bonds is 3. The number of methoxy groups -OCH3 is 1. The third-order valence-corrected chi connectivity index (χ3v) is 2.20. The summed E-state index contributed by atoms with van der Waals surface area (Å²) in [5.74, 6) is 0.665. The van der Waals surface area contributed by atoms with Gasteiger partial charge in [-0.3, -0.25) is 0 Å². The van der Waals surface area contributed by atoms with E-state index in [9.17, 15) is 0 Å². The van der Waals surface area contributed by atoms with Crippen LogP contribution >= 0.6 is 0 Å². The van der Waals surface area contributed by atoms with Crippen molar-refractivity contribution in [1.82, 2.24) is 4.98 Å². The summed E-state index contributed by atoms with van der Waals surface area (Å²) in [6.07, 6.45) is 1.72. The largest absolute Gasteiger partial charge is 0.481 e. The fourth-order valence-electron chi connectivity index (χ4n) is 1.18. The summed E-state index contributed by atoms with van der Waals surface area (Å²) < 4.78 is 5.17. The van der Waals surface area contributed by atoms with Crippen LogP contribution in [0.2, 0.25) is 0 Å². The number of nitrogens with zero attached hydrogens (tertiary/aromatic N) is 1. The summed E-state index contributed by atoms with van der Waals surface area (Å²) in [7, 11) is 1.62. The highest BCUT2D eigenvalue weighted by molar-refractivity contribution is 5.32. The Hall–Kier alpha value is -1.09. The van der Waals surface area contributed by atoms with Crippen molar-refractivity contribution in [3.05, 3.63) is 23.9 Å². The zero-order valence-corrected chi connectivity index (χ0v) is 8.37. The third kappa shape index (κ3) is 1.98. The van der Waals surface area contributed by atoms with Crippen molar-refractivity contribution in [1.29, 1.82) is 0 Å². The first-order valence-corrected chi connectivity index (χ1v) is 4.31. The fraction of sp³-hybridized carbons (Fsp3) is 0.500. The van der Waals surface area contributed by atoms with E-state index in [1.54, 1.807) is 13.3 Å². The fourth-order valence-corrected chi connectivity index (χ4v) is 1.18. The van der Waals surface area contributed by atoms with Gasteiger partial charge in [0.2, 0.25) is 5.88 Å². The van der Waals surface area contributed by atoms with Crippen LogP contribution in [0.15, 0.2) is 18.3 Å². The Morgan fingerprint density at radius 3 is 2.77 bits per heavy atom. The molecule has 0 aromatic carbocycles. The predicted octanol–water partition coefficient (Wildman–Crippen LogP) is 1.33. The predicted molar refractivity (Wildman–Crippen MR) is 52.9 cm³/mol. The first kappa shape index (κ1) is 9.99. The van der Waals surface area contributed by atoms with Crippen molar-refractivity contribution in [3.8, 4) is 5.88 Å². The molecule has 3 heteroatoms. The Bertz CT molecular complexity index is 284. The lowest BCUT2D eigenvalue weighted by molar-refractivity contribution is 0.377. The molecule has 13 heavy (non-hydrogen) atoms. The molecule has 1 heterocycles. The van der Waals surface area contributed by atoms with Crippen LogP contribution in [0.1, 0.15) is 19.4 Å². The van der Waals surface area contributed by atoms with E-state index in [0.717, 1.165) is 5.56 Å². The summed E-state index contributed by atoms with van der Waals surface area (Å²) in [6.45, 7) is 4.73. The third-order valence-electron chi connectivity index (χ3n) is 2.20. The maximum Gasteiger partial charge on any atom is 0.216 e. The average Bonchev–Trinajstić information content (AvgIpc) is 2.18. The molecule has 0 atom stereocenters. The molecular weight excluding hydrogens is 164 g/mol. The lowest BCUT2D eigenvalue weighted by atomic mass is 9.85. The standard InChI is InChI=1S/C10H16N2O/c1-10(2,7-11)8-5-4-6-12-9(8)13-3/h4-6H,7,11H2,1-3H3. The first-order chi connectivity index (χ1) is 6.11. The van der Waals surface area contributed by atoms with E-state index in [4.69, 9.17) is 10.5 Å². The van der Waals surface area contributed by atoms with E-state index >= 15 is 0 Å². The Morgan fingerprint density at radius 2 is 2.23 bits per heavy atom. The van der Waals surface area contributed by atoms with Gasteiger partial charge in [-0.15, -0.1) is 0 Å². The van der Waals surface area contributed by atoms with Gasteiger partial charge in [-0.1, -0.05) is 19.9 Å². The molecule has 1 aromatic rings. The number of hydrogen-bond acceptors (Lipinski definition) is 3. The molecule has 0 bridgehead atoms. The van der Waals surface area contributed by atoms with Gasteiger partial charge in [0.1, 0.15) is 0 Å². The zero-order chi connectivity index (χ0) is 9.90. The molecule has 0 saturated carbocycles. The van der Waals surface area contributed by atoms with Gasteiger partial charge in [0.15, 0.2) is 0 Å². The molecule has 0 radical (unpaired) electrons. The number of nitrogens with two attached hydrogens (primary N) is 1. The molecule has 0 saturated heterocycles. The van der Waals surface area contributed by atoms with E-state index < -0.39 is 0 Å². The van der Waals surface area contributed by atoms with Crippen LogP contribution in [0.25, 0.3) is 0 Å². The molecule has 0 aliphatic heterocycles. The summed E-state index contributed by atoms with van der Waals surface area (Å²) in [6, 6.07) is 3.90. The van der Waals surface area contributed by atoms with E-state index in [2.05, 4.69) is 18.8 Å². The van der Waals surface area contributed by atoms with Crippen LogP contribution in [0, 0.1) is 0 Å². The highest BCUT2D eigenvalue weighted by Gasteiger charge is 2.22. The smallest absolute Gasteiger partial charge is 0.216 e. The summed E-state index contributed by atoms with van der Waals surface area (Å²) in [4.78, 5) is 4.13. The Morgan fingerprint density at radius 1 is 1.54 bits per heavy atom. The maximum atomic E-state index is 5.68. The number of ether oxygens (including phenoxy) is 1. The molecule has 0 aliphatic carbocycles. The summed E-state index contributed by atoms with van der Waals surface area (Å²) in [5, 5.41) is 0. The minimum Gasteiger partial charge on any atom is -0.481 e. The SMILES string of the molecule is COc1ncccc1C(C)(C)CN. The minimum absolute atomic E-state index is 0.0837. The van der Waals surface area contributed by atoms with E-state index in [1.807, 2.05) is 12.1 Å². The van der Waals surface area contributed by atoms with E-state index in [-0.39, 0.29) is 5.41 Å². The van der Waals surface area contributed by atoms with Gasteiger partial charge < -0.3 is 10.5 Å². The van der Waals surface area contributed by atoms with E-state index in [1.165, 1.54) is 0 Å². The van der Waals surface area contributed by atoms with Gasteiger partial charge in [0, 0.05) is 23.7 Å². The van der Waals surface area contributed by atoms with Crippen LogP contribution in [0.5, 0.6) is 5.88 Å². The number of hydrogen-bond donors (Lipinski definition) is 1. The normalized spacial score (nSPS) is 11.4. The van der Waals surface area contributed by atoms with Crippen molar-refractivity contribution in [3.63, 3.8) is 0 Å². The molecule has 2 N–H and O–H groups in total. The van der Waals surface area contributed by atoms with Crippen molar-refractivity contribution in [2.24, 2.45) is 5.73 Å². The molecule has 1 rings (SSSR count). The first-order valence-electron chi connectivity index (χ1n) is 4.31. The molecule has 72 valence electrons. The van der Waals surface area contributed by atoms with Gasteiger partial charge >= 0.3 is 0 Å². The second-order valence-electron chi connectivity index (χ2n) is 3.65. The lowest BCUT2D eigenvalue weighted by Crippen LogP contribution is -2.28. The molecule has 3 nitrogen and oxygen atoms in total. The second kappa shape index (κ2) is 3.75. The van der Waals surface area contributed by atoms with Crippen LogP contribution in [0.3, 0.4) is 0 Å². The highest BCUT2D eigenvalue weighted by atomic mass is 16.5. The molecular formula is C10H16N2O. The van der Waals surface area contributed by atoms with Crippen LogP contribution in [0.4, 0.5) is 0 Å². The Kier molecular flexibility index (Phi) is 2.88. The number of pyridine rings is 1. The van der Waals surface area contributed by atoms with Gasteiger partial charge in [-0.25, -0.2) is 4.98 Å². The van der Waals surface area contributed by atoms with E-state index in [0.29, 0.717) is 12.4 Å². The highest BCUT2D eigenvalue weighted by Crippen LogP contribution is 2.28. The quantitative estimate of drug-likeness (QED) is 0.763. The Labute approximate surface area is 78.9 Å². The van der Waals surface area contributed by atoms with Crippen molar-refractivity contribution < 1.29 is 4.74 Å². The average molecular weight is 180 g/mol. The molecule has 1 aromatic heterocycles. The zero-order valence-electron chi connectivity index (χ0n) is 8.37. The van der Waals surface area contributed by atoms with Crippen LogP contribution < -0.4 is 10.5 Å². The van der Waals surface area contributed by atoms with Crippen molar-refractivity contribution in [2.45, 2.75) is 19.3 Å². The van der Waals surface area contributed by atoms with Crippen molar-refractivity contribution in [2.75, 3.05) is 13.7 Å². The summed E-state index contributed by atoms with van der Waals surface area (Å²) in [5.41, 5.74) is 6.65. The topological polar surface area (TPSA) is 48.1 Å². The van der Waals surface area contributed by atoms with Gasteiger partial charge in [-0.05, 0) is 6.07 Å². The minimum atomic E-state index is -0.0837. The molecule has 0 amide bonds. The Balaban J connectivity index is 3.12. The van der Waals surface area contributed by atoms with Crippen LogP contribution in [-0.2, 0) is 5.41 Å². The maximum absolute atomic E-state index is 5.68. The van der Waals surface area contributed by atoms with Crippen LogP contribution in [-0.4, -0.2) is 18.6 Å². The number of aromatic nitrogens is 1. The lowest BCUT2D eigenvalue weighted by Gasteiger charge is -2.24. The molecule has 0 unspecified atom stereocenters. The van der Waals surface area contributed by atoms with Gasteiger partial charge in [0.05, 0.1) is 7.11 Å². The molecule has 0 fully saturated rings. The second-order valence-corrected chi connectivity index (χ2v) is 3.65. The van der Waals surface area contributed by atoms with Gasteiger partial charge in [-0.2, -0.15) is 0 Å². The molecule has 0 aliphatic rings. The summed E-state index contributed by atoms with van der Waals surface area (Å²) >= 11 is 0. The molecule has 0 spiro atoms. The monoisotopic (exact) mass is 180 g/mol.